The number of carbonyl (C=O) groups is 1. The van der Waals surface area contributed by atoms with E-state index in [4.69, 9.17) is 4.74 Å². The van der Waals surface area contributed by atoms with Gasteiger partial charge in [0.1, 0.15) is 11.5 Å². The van der Waals surface area contributed by atoms with Crippen molar-refractivity contribution in [1.82, 2.24) is 0 Å². The van der Waals surface area contributed by atoms with Gasteiger partial charge in [-0.05, 0) is 30.7 Å². The lowest BCUT2D eigenvalue weighted by Crippen LogP contribution is -2.15. The molecule has 0 radical (unpaired) electrons. The second-order valence-electron chi connectivity index (χ2n) is 4.67. The van der Waals surface area contributed by atoms with Crippen LogP contribution in [0.1, 0.15) is 23.7 Å². The number of nitrogens with one attached hydrogen (secondary N) is 1. The van der Waals surface area contributed by atoms with Gasteiger partial charge in [0.2, 0.25) is 0 Å². The molecule has 0 atom stereocenters. The summed E-state index contributed by atoms with van der Waals surface area (Å²) in [7, 11) is 0. The SMILES string of the molecule is CCCOc1ccccc1NC(=O)c1ccccc1OC(F)F. The number of hydrogen-bond acceptors (Lipinski definition) is 3. The maximum absolute atomic E-state index is 12.4. The Bertz CT molecular complexity index is 662. The third-order valence-corrected chi connectivity index (χ3v) is 2.94. The van der Waals surface area contributed by atoms with Crippen LogP contribution in [0.4, 0.5) is 14.5 Å². The van der Waals surface area contributed by atoms with E-state index in [2.05, 4.69) is 10.1 Å². The number of carbonyl (C=O) groups excluding carboxylic acids is 1. The van der Waals surface area contributed by atoms with E-state index in [1.807, 2.05) is 6.92 Å². The summed E-state index contributed by atoms with van der Waals surface area (Å²) in [6, 6.07) is 12.8. The third kappa shape index (κ3) is 4.67. The number of benzene rings is 2. The summed E-state index contributed by atoms with van der Waals surface area (Å²) < 4.78 is 34.8. The molecule has 0 heterocycles. The van der Waals surface area contributed by atoms with Crippen molar-refractivity contribution in [2.24, 2.45) is 0 Å². The minimum atomic E-state index is -3.00. The second kappa shape index (κ2) is 8.12. The highest BCUT2D eigenvalue weighted by molar-refractivity contribution is 6.06. The van der Waals surface area contributed by atoms with E-state index in [-0.39, 0.29) is 11.3 Å². The fraction of sp³-hybridized carbons (Fsp3) is 0.235. The average Bonchev–Trinajstić information content (AvgIpc) is 2.54. The summed E-state index contributed by atoms with van der Waals surface area (Å²) >= 11 is 0. The van der Waals surface area contributed by atoms with Gasteiger partial charge in [-0.1, -0.05) is 31.2 Å². The van der Waals surface area contributed by atoms with Crippen LogP contribution in [0.15, 0.2) is 48.5 Å². The van der Waals surface area contributed by atoms with Gasteiger partial charge in [0.15, 0.2) is 0 Å². The van der Waals surface area contributed by atoms with E-state index in [1.54, 1.807) is 30.3 Å². The van der Waals surface area contributed by atoms with E-state index < -0.39 is 12.5 Å². The van der Waals surface area contributed by atoms with Gasteiger partial charge in [-0.3, -0.25) is 4.79 Å². The van der Waals surface area contributed by atoms with E-state index >= 15 is 0 Å². The maximum atomic E-state index is 12.4. The first-order valence-corrected chi connectivity index (χ1v) is 7.18. The molecular weight excluding hydrogens is 304 g/mol. The van der Waals surface area contributed by atoms with Crippen LogP contribution in [0.25, 0.3) is 0 Å². The number of rotatable bonds is 7. The van der Waals surface area contributed by atoms with Gasteiger partial charge in [0.05, 0.1) is 17.9 Å². The summed E-state index contributed by atoms with van der Waals surface area (Å²) in [5.74, 6) is -0.198. The molecule has 0 unspecified atom stereocenters. The molecule has 0 aliphatic carbocycles. The Morgan fingerprint density at radius 1 is 1.09 bits per heavy atom. The largest absolute Gasteiger partial charge is 0.491 e. The first kappa shape index (κ1) is 16.7. The maximum Gasteiger partial charge on any atom is 0.387 e. The lowest BCUT2D eigenvalue weighted by atomic mass is 10.2. The predicted octanol–water partition coefficient (Wildman–Crippen LogP) is 4.33. The van der Waals surface area contributed by atoms with Gasteiger partial charge in [0, 0.05) is 0 Å². The first-order chi connectivity index (χ1) is 11.1. The molecule has 2 aromatic carbocycles. The van der Waals surface area contributed by atoms with Crippen LogP contribution in [-0.2, 0) is 0 Å². The zero-order chi connectivity index (χ0) is 16.7. The number of hydrogen-bond donors (Lipinski definition) is 1. The number of para-hydroxylation sites is 3. The molecule has 0 spiro atoms. The normalized spacial score (nSPS) is 10.4. The molecule has 1 N–H and O–H groups in total. The number of alkyl halides is 2. The van der Waals surface area contributed by atoms with E-state index in [9.17, 15) is 13.6 Å². The lowest BCUT2D eigenvalue weighted by molar-refractivity contribution is -0.0501. The Balaban J connectivity index is 2.20. The first-order valence-electron chi connectivity index (χ1n) is 7.18. The number of amides is 1. The molecule has 0 aromatic heterocycles. The highest BCUT2D eigenvalue weighted by Gasteiger charge is 2.16. The van der Waals surface area contributed by atoms with Gasteiger partial charge in [0.25, 0.3) is 5.91 Å². The van der Waals surface area contributed by atoms with Crippen LogP contribution in [0.2, 0.25) is 0 Å². The Morgan fingerprint density at radius 3 is 2.43 bits per heavy atom. The summed E-state index contributed by atoms with van der Waals surface area (Å²) in [4.78, 5) is 12.4. The van der Waals surface area contributed by atoms with Crippen molar-refractivity contribution < 1.29 is 23.0 Å². The van der Waals surface area contributed by atoms with E-state index in [1.165, 1.54) is 18.2 Å². The molecule has 122 valence electrons. The van der Waals surface area contributed by atoms with Crippen LogP contribution in [0, 0.1) is 0 Å². The van der Waals surface area contributed by atoms with Gasteiger partial charge >= 0.3 is 6.61 Å². The molecule has 2 aromatic rings. The predicted molar refractivity (Wildman–Crippen MR) is 83.3 cm³/mol. The number of ether oxygens (including phenoxy) is 2. The van der Waals surface area contributed by atoms with Gasteiger partial charge < -0.3 is 14.8 Å². The number of halogens is 2. The molecule has 0 fully saturated rings. The van der Waals surface area contributed by atoms with Crippen molar-refractivity contribution in [2.45, 2.75) is 20.0 Å². The molecular formula is C17H17F2NO3. The van der Waals surface area contributed by atoms with Gasteiger partial charge in [-0.2, -0.15) is 8.78 Å². The quantitative estimate of drug-likeness (QED) is 0.826. The zero-order valence-electron chi connectivity index (χ0n) is 12.6. The van der Waals surface area contributed by atoms with Crippen molar-refractivity contribution in [3.05, 3.63) is 54.1 Å². The van der Waals surface area contributed by atoms with Crippen LogP contribution in [0.5, 0.6) is 11.5 Å². The van der Waals surface area contributed by atoms with Crippen molar-refractivity contribution >= 4 is 11.6 Å². The van der Waals surface area contributed by atoms with E-state index in [0.717, 1.165) is 6.42 Å². The summed E-state index contributed by atoms with van der Waals surface area (Å²) in [6.45, 7) is -0.513. The molecule has 0 aliphatic heterocycles. The number of anilines is 1. The molecule has 0 saturated carbocycles. The molecule has 1 amide bonds. The van der Waals surface area contributed by atoms with Crippen LogP contribution >= 0.6 is 0 Å². The summed E-state index contributed by atoms with van der Waals surface area (Å²) in [5, 5.41) is 2.66. The monoisotopic (exact) mass is 321 g/mol. The minimum absolute atomic E-state index is 0.0260. The van der Waals surface area contributed by atoms with Crippen LogP contribution in [-0.4, -0.2) is 19.1 Å². The van der Waals surface area contributed by atoms with Gasteiger partial charge in [-0.25, -0.2) is 0 Å². The zero-order valence-corrected chi connectivity index (χ0v) is 12.6. The van der Waals surface area contributed by atoms with Crippen molar-refractivity contribution in [2.75, 3.05) is 11.9 Å². The van der Waals surface area contributed by atoms with Crippen molar-refractivity contribution in [1.29, 1.82) is 0 Å². The highest BCUT2D eigenvalue weighted by atomic mass is 19.3. The minimum Gasteiger partial charge on any atom is -0.491 e. The molecule has 2 rings (SSSR count). The Morgan fingerprint density at radius 2 is 1.74 bits per heavy atom. The van der Waals surface area contributed by atoms with Crippen molar-refractivity contribution in [3.63, 3.8) is 0 Å². The molecule has 23 heavy (non-hydrogen) atoms. The molecule has 0 saturated heterocycles. The topological polar surface area (TPSA) is 47.6 Å². The summed E-state index contributed by atoms with van der Waals surface area (Å²) in [5.41, 5.74) is 0.496. The fourth-order valence-electron chi connectivity index (χ4n) is 1.95. The Hall–Kier alpha value is -2.63. The molecule has 6 heteroatoms. The van der Waals surface area contributed by atoms with Crippen LogP contribution in [0.3, 0.4) is 0 Å². The lowest BCUT2D eigenvalue weighted by Gasteiger charge is -2.13. The smallest absolute Gasteiger partial charge is 0.387 e. The summed E-state index contributed by atoms with van der Waals surface area (Å²) in [6.07, 6.45) is 0.827. The average molecular weight is 321 g/mol. The van der Waals surface area contributed by atoms with Gasteiger partial charge in [-0.15, -0.1) is 0 Å². The van der Waals surface area contributed by atoms with Crippen molar-refractivity contribution in [3.8, 4) is 11.5 Å². The Labute approximate surface area is 133 Å². The second-order valence-corrected chi connectivity index (χ2v) is 4.67. The third-order valence-electron chi connectivity index (χ3n) is 2.94. The fourth-order valence-corrected chi connectivity index (χ4v) is 1.95. The molecule has 0 bridgehead atoms. The molecule has 0 aliphatic rings. The van der Waals surface area contributed by atoms with Crippen LogP contribution < -0.4 is 14.8 Å². The standard InChI is InChI=1S/C17H17F2NO3/c1-2-11-22-15-10-6-4-8-13(15)20-16(21)12-7-3-5-9-14(12)23-17(18)19/h3-10,17H,2,11H2,1H3,(H,20,21). The van der Waals surface area contributed by atoms with E-state index in [0.29, 0.717) is 18.0 Å². The molecule has 4 nitrogen and oxygen atoms in total. The Kier molecular flexibility index (Phi) is 5.91. The highest BCUT2D eigenvalue weighted by Crippen LogP contribution is 2.26.